The van der Waals surface area contributed by atoms with Gasteiger partial charge in [-0.05, 0) is 38.2 Å². The van der Waals surface area contributed by atoms with Crippen LogP contribution in [0.15, 0.2) is 17.4 Å². The number of hydrogen-bond acceptors (Lipinski definition) is 3. The minimum absolute atomic E-state index is 0. The van der Waals surface area contributed by atoms with Gasteiger partial charge in [-0.1, -0.05) is 0 Å². The van der Waals surface area contributed by atoms with Crippen molar-refractivity contribution >= 4 is 29.9 Å². The van der Waals surface area contributed by atoms with Crippen molar-refractivity contribution in [3.8, 4) is 0 Å². The van der Waals surface area contributed by atoms with E-state index in [1.165, 1.54) is 44.3 Å². The van der Waals surface area contributed by atoms with E-state index in [1.807, 2.05) is 17.9 Å². The summed E-state index contributed by atoms with van der Waals surface area (Å²) in [4.78, 5) is 6.98. The van der Waals surface area contributed by atoms with Crippen LogP contribution in [0.25, 0.3) is 0 Å². The van der Waals surface area contributed by atoms with Gasteiger partial charge in [0.15, 0.2) is 5.96 Å². The molecule has 1 saturated carbocycles. The zero-order valence-corrected chi connectivity index (χ0v) is 16.5. The van der Waals surface area contributed by atoms with Crippen LogP contribution in [0.4, 0.5) is 0 Å². The number of likely N-dealkylation sites (tertiary alicyclic amines) is 1. The first kappa shape index (κ1) is 18.5. The third-order valence-electron chi connectivity index (χ3n) is 4.55. The fraction of sp³-hybridized carbons (Fsp3) is 0.750. The van der Waals surface area contributed by atoms with Gasteiger partial charge in [-0.3, -0.25) is 9.67 Å². The molecule has 1 aromatic heterocycles. The molecule has 0 amide bonds. The van der Waals surface area contributed by atoms with Crippen molar-refractivity contribution in [3.05, 3.63) is 18.0 Å². The summed E-state index contributed by atoms with van der Waals surface area (Å²) < 4.78 is 1.96. The molecule has 2 heterocycles. The van der Waals surface area contributed by atoms with Crippen LogP contribution in [0.3, 0.4) is 0 Å². The van der Waals surface area contributed by atoms with E-state index in [0.29, 0.717) is 6.04 Å². The van der Waals surface area contributed by atoms with Crippen LogP contribution in [-0.4, -0.2) is 59.4 Å². The number of nitrogens with zero attached hydrogens (tertiary/aromatic N) is 4. The molecule has 7 heteroatoms. The van der Waals surface area contributed by atoms with Crippen molar-refractivity contribution in [1.82, 2.24) is 25.3 Å². The molecule has 0 aromatic carbocycles. The molecule has 0 bridgehead atoms. The Labute approximate surface area is 156 Å². The second kappa shape index (κ2) is 8.86. The lowest BCUT2D eigenvalue weighted by molar-refractivity contribution is 0.197. The number of rotatable bonds is 5. The smallest absolute Gasteiger partial charge is 0.191 e. The van der Waals surface area contributed by atoms with Gasteiger partial charge in [0.25, 0.3) is 0 Å². The summed E-state index contributed by atoms with van der Waals surface area (Å²) in [5.41, 5.74) is 1.20. The van der Waals surface area contributed by atoms with Gasteiger partial charge in [-0.15, -0.1) is 24.0 Å². The number of halogens is 1. The third kappa shape index (κ3) is 5.63. The minimum Gasteiger partial charge on any atom is -0.355 e. The SMILES string of the molecule is CN=C(NCCn1cc(C)cn1)NC1CCN(C2CC2)CC1.I. The molecule has 3 rings (SSSR count). The molecule has 2 aliphatic rings. The summed E-state index contributed by atoms with van der Waals surface area (Å²) in [7, 11) is 1.84. The van der Waals surface area contributed by atoms with Crippen LogP contribution >= 0.6 is 24.0 Å². The number of aliphatic imine (C=N–C) groups is 1. The topological polar surface area (TPSA) is 57.5 Å². The highest BCUT2D eigenvalue weighted by atomic mass is 127. The van der Waals surface area contributed by atoms with Gasteiger partial charge in [-0.25, -0.2) is 0 Å². The highest BCUT2D eigenvalue weighted by Crippen LogP contribution is 2.29. The lowest BCUT2D eigenvalue weighted by Crippen LogP contribution is -2.49. The monoisotopic (exact) mass is 432 g/mol. The van der Waals surface area contributed by atoms with Gasteiger partial charge in [0.2, 0.25) is 0 Å². The van der Waals surface area contributed by atoms with E-state index in [1.54, 1.807) is 0 Å². The number of aromatic nitrogens is 2. The van der Waals surface area contributed by atoms with Crippen molar-refractivity contribution in [1.29, 1.82) is 0 Å². The Bertz CT molecular complexity index is 502. The van der Waals surface area contributed by atoms with Crippen molar-refractivity contribution in [2.45, 2.75) is 51.2 Å². The van der Waals surface area contributed by atoms with Gasteiger partial charge >= 0.3 is 0 Å². The first-order valence-electron chi connectivity index (χ1n) is 8.45. The first-order valence-corrected chi connectivity index (χ1v) is 8.45. The van der Waals surface area contributed by atoms with Crippen LogP contribution in [0.1, 0.15) is 31.2 Å². The van der Waals surface area contributed by atoms with Gasteiger partial charge in [-0.2, -0.15) is 5.10 Å². The predicted molar refractivity (Wildman–Crippen MR) is 104 cm³/mol. The molecule has 1 aliphatic carbocycles. The molecule has 130 valence electrons. The van der Waals surface area contributed by atoms with Crippen molar-refractivity contribution in [3.63, 3.8) is 0 Å². The molecule has 2 N–H and O–H groups in total. The molecule has 1 aromatic rings. The summed E-state index contributed by atoms with van der Waals surface area (Å²) in [5, 5.41) is 11.2. The van der Waals surface area contributed by atoms with E-state index < -0.39 is 0 Å². The largest absolute Gasteiger partial charge is 0.355 e. The summed E-state index contributed by atoms with van der Waals surface area (Å²) in [6.45, 7) is 6.21. The molecule has 2 fully saturated rings. The first-order chi connectivity index (χ1) is 10.7. The molecular formula is C16H29IN6. The van der Waals surface area contributed by atoms with E-state index in [-0.39, 0.29) is 24.0 Å². The van der Waals surface area contributed by atoms with E-state index in [0.717, 1.165) is 25.1 Å². The minimum atomic E-state index is 0. The van der Waals surface area contributed by atoms with Crippen LogP contribution in [0.2, 0.25) is 0 Å². The average molecular weight is 432 g/mol. The van der Waals surface area contributed by atoms with Crippen molar-refractivity contribution < 1.29 is 0 Å². The molecule has 0 radical (unpaired) electrons. The molecule has 0 atom stereocenters. The summed E-state index contributed by atoms with van der Waals surface area (Å²) >= 11 is 0. The van der Waals surface area contributed by atoms with Crippen molar-refractivity contribution in [2.24, 2.45) is 4.99 Å². The Balaban J connectivity index is 0.00000192. The maximum atomic E-state index is 4.34. The van der Waals surface area contributed by atoms with Gasteiger partial charge < -0.3 is 15.5 Å². The molecule has 0 unspecified atom stereocenters. The molecular weight excluding hydrogens is 403 g/mol. The lowest BCUT2D eigenvalue weighted by atomic mass is 10.1. The molecule has 23 heavy (non-hydrogen) atoms. The fourth-order valence-corrected chi connectivity index (χ4v) is 3.11. The molecule has 1 aliphatic heterocycles. The standard InChI is InChI=1S/C16H28N6.HI/c1-13-11-19-22(12-13)10-7-18-16(17-2)20-14-5-8-21(9-6-14)15-3-4-15;/h11-12,14-15H,3-10H2,1-2H3,(H2,17,18,20);1H. The lowest BCUT2D eigenvalue weighted by Gasteiger charge is -2.33. The van der Waals surface area contributed by atoms with Crippen LogP contribution in [0.5, 0.6) is 0 Å². The Morgan fingerprint density at radius 1 is 1.30 bits per heavy atom. The number of guanidine groups is 1. The fourth-order valence-electron chi connectivity index (χ4n) is 3.11. The summed E-state index contributed by atoms with van der Waals surface area (Å²) in [5.74, 6) is 0.911. The third-order valence-corrected chi connectivity index (χ3v) is 4.55. The van der Waals surface area contributed by atoms with Crippen LogP contribution < -0.4 is 10.6 Å². The van der Waals surface area contributed by atoms with Gasteiger partial charge in [0, 0.05) is 45.0 Å². The van der Waals surface area contributed by atoms with Gasteiger partial charge in [0.1, 0.15) is 0 Å². The number of aryl methyl sites for hydroxylation is 1. The van der Waals surface area contributed by atoms with E-state index in [2.05, 4.69) is 38.7 Å². The highest BCUT2D eigenvalue weighted by Gasteiger charge is 2.31. The van der Waals surface area contributed by atoms with Crippen LogP contribution in [0, 0.1) is 6.92 Å². The number of piperidine rings is 1. The van der Waals surface area contributed by atoms with E-state index >= 15 is 0 Å². The maximum Gasteiger partial charge on any atom is 0.191 e. The van der Waals surface area contributed by atoms with Crippen molar-refractivity contribution in [2.75, 3.05) is 26.7 Å². The Morgan fingerprint density at radius 3 is 2.61 bits per heavy atom. The van der Waals surface area contributed by atoms with Crippen LogP contribution in [-0.2, 0) is 6.54 Å². The normalized spacial score (nSPS) is 20.2. The maximum absolute atomic E-state index is 4.34. The molecule has 1 saturated heterocycles. The Hall–Kier alpha value is -0.830. The zero-order valence-electron chi connectivity index (χ0n) is 14.2. The average Bonchev–Trinajstić information content (AvgIpc) is 3.30. The molecule has 0 spiro atoms. The molecule has 6 nitrogen and oxygen atoms in total. The second-order valence-electron chi connectivity index (χ2n) is 6.47. The number of nitrogens with one attached hydrogen (secondary N) is 2. The highest BCUT2D eigenvalue weighted by molar-refractivity contribution is 14.0. The summed E-state index contributed by atoms with van der Waals surface area (Å²) in [6.07, 6.45) is 9.21. The quantitative estimate of drug-likeness (QED) is 0.422. The Morgan fingerprint density at radius 2 is 2.04 bits per heavy atom. The van der Waals surface area contributed by atoms with E-state index in [4.69, 9.17) is 0 Å². The van der Waals surface area contributed by atoms with Gasteiger partial charge in [0.05, 0.1) is 12.7 Å². The number of hydrogen-bond donors (Lipinski definition) is 2. The summed E-state index contributed by atoms with van der Waals surface area (Å²) in [6, 6.07) is 1.45. The zero-order chi connectivity index (χ0) is 15.4. The Kier molecular flexibility index (Phi) is 7.13. The van der Waals surface area contributed by atoms with E-state index in [9.17, 15) is 0 Å². The predicted octanol–water partition coefficient (Wildman–Crippen LogP) is 1.60. The second-order valence-corrected chi connectivity index (χ2v) is 6.47.